The number of benzene rings is 1. The number of carbonyl (C=O) groups is 2. The molecule has 1 amide bonds. The number of amides is 1. The van der Waals surface area contributed by atoms with Crippen molar-refractivity contribution in [2.45, 2.75) is 19.9 Å². The molecule has 0 radical (unpaired) electrons. The van der Waals surface area contributed by atoms with Gasteiger partial charge in [-0.05, 0) is 31.5 Å². The van der Waals surface area contributed by atoms with Gasteiger partial charge in [0.2, 0.25) is 0 Å². The van der Waals surface area contributed by atoms with Crippen LogP contribution in [0.2, 0.25) is 0 Å². The lowest BCUT2D eigenvalue weighted by Crippen LogP contribution is -2.30. The van der Waals surface area contributed by atoms with E-state index in [1.54, 1.807) is 11.9 Å². The highest BCUT2D eigenvalue weighted by atomic mass is 16.5. The van der Waals surface area contributed by atoms with Crippen LogP contribution in [0.25, 0.3) is 0 Å². The first-order valence-electron chi connectivity index (χ1n) is 7.32. The molecule has 0 spiro atoms. The van der Waals surface area contributed by atoms with Gasteiger partial charge in [0.1, 0.15) is 5.69 Å². The molecule has 0 saturated heterocycles. The Morgan fingerprint density at radius 3 is 2.30 bits per heavy atom. The molecule has 5 heteroatoms. The second-order valence-electron chi connectivity index (χ2n) is 5.43. The van der Waals surface area contributed by atoms with Crippen molar-refractivity contribution < 1.29 is 14.3 Å². The van der Waals surface area contributed by atoms with Crippen molar-refractivity contribution in [1.82, 2.24) is 9.88 Å². The van der Waals surface area contributed by atoms with Crippen molar-refractivity contribution in [3.05, 3.63) is 65.0 Å². The normalized spacial score (nSPS) is 11.7. The molecule has 0 aliphatic carbocycles. The number of rotatable bonds is 4. The molecule has 1 atom stereocenters. The summed E-state index contributed by atoms with van der Waals surface area (Å²) >= 11 is 0. The molecule has 1 aromatic heterocycles. The predicted octanol–water partition coefficient (Wildman–Crippen LogP) is 3.01. The maximum absolute atomic E-state index is 12.5. The monoisotopic (exact) mass is 312 g/mol. The highest BCUT2D eigenvalue weighted by molar-refractivity contribution is 5.94. The standard InChI is InChI=1S/C18H20N2O3/c1-12-5-7-14(8-6-12)13(2)20(3)17(21)16-10-9-15(11-19-16)18(22)23-4/h5-11,13H,1-4H3. The van der Waals surface area contributed by atoms with Gasteiger partial charge in [0, 0.05) is 13.2 Å². The van der Waals surface area contributed by atoms with Gasteiger partial charge in [-0.1, -0.05) is 29.8 Å². The van der Waals surface area contributed by atoms with Crippen molar-refractivity contribution in [2.24, 2.45) is 0 Å². The number of pyridine rings is 1. The molecule has 1 aromatic carbocycles. The summed E-state index contributed by atoms with van der Waals surface area (Å²) in [5.74, 6) is -0.674. The van der Waals surface area contributed by atoms with E-state index >= 15 is 0 Å². The fraction of sp³-hybridized carbons (Fsp3) is 0.278. The fourth-order valence-corrected chi connectivity index (χ4v) is 2.18. The van der Waals surface area contributed by atoms with E-state index in [9.17, 15) is 9.59 Å². The smallest absolute Gasteiger partial charge is 0.339 e. The highest BCUT2D eigenvalue weighted by Crippen LogP contribution is 2.20. The van der Waals surface area contributed by atoms with E-state index in [-0.39, 0.29) is 11.9 Å². The third kappa shape index (κ3) is 3.74. The zero-order valence-electron chi connectivity index (χ0n) is 13.7. The summed E-state index contributed by atoms with van der Waals surface area (Å²) in [5, 5.41) is 0. The van der Waals surface area contributed by atoms with Crippen molar-refractivity contribution in [3.63, 3.8) is 0 Å². The molecule has 2 aromatic rings. The third-order valence-corrected chi connectivity index (χ3v) is 3.86. The summed E-state index contributed by atoms with van der Waals surface area (Å²) in [5.41, 5.74) is 2.84. The summed E-state index contributed by atoms with van der Waals surface area (Å²) in [7, 11) is 3.04. The Morgan fingerprint density at radius 1 is 1.13 bits per heavy atom. The lowest BCUT2D eigenvalue weighted by molar-refractivity contribution is 0.0598. The van der Waals surface area contributed by atoms with Gasteiger partial charge in [0.25, 0.3) is 5.91 Å². The van der Waals surface area contributed by atoms with E-state index in [0.717, 1.165) is 5.56 Å². The molecule has 0 saturated carbocycles. The minimum absolute atomic E-state index is 0.0785. The summed E-state index contributed by atoms with van der Waals surface area (Å²) in [6.07, 6.45) is 1.35. The van der Waals surface area contributed by atoms with Crippen LogP contribution in [0.4, 0.5) is 0 Å². The maximum atomic E-state index is 12.5. The lowest BCUT2D eigenvalue weighted by Gasteiger charge is -2.25. The molecule has 120 valence electrons. The Morgan fingerprint density at radius 2 is 1.78 bits per heavy atom. The largest absolute Gasteiger partial charge is 0.465 e. The molecule has 0 fully saturated rings. The lowest BCUT2D eigenvalue weighted by atomic mass is 10.1. The minimum Gasteiger partial charge on any atom is -0.465 e. The molecule has 0 aliphatic rings. The zero-order valence-corrected chi connectivity index (χ0v) is 13.7. The number of nitrogens with zero attached hydrogens (tertiary/aromatic N) is 2. The zero-order chi connectivity index (χ0) is 17.0. The molecular weight excluding hydrogens is 292 g/mol. The van der Waals surface area contributed by atoms with Crippen LogP contribution in [0.15, 0.2) is 42.6 Å². The summed E-state index contributed by atoms with van der Waals surface area (Å²) in [4.78, 5) is 29.6. The highest BCUT2D eigenvalue weighted by Gasteiger charge is 2.20. The van der Waals surface area contributed by atoms with Gasteiger partial charge in [-0.15, -0.1) is 0 Å². The van der Waals surface area contributed by atoms with E-state index in [4.69, 9.17) is 0 Å². The Kier molecular flexibility index (Phi) is 5.11. The summed E-state index contributed by atoms with van der Waals surface area (Å²) < 4.78 is 4.62. The Balaban J connectivity index is 2.15. The van der Waals surface area contributed by atoms with Gasteiger partial charge in [-0.3, -0.25) is 9.78 Å². The second kappa shape index (κ2) is 7.05. The van der Waals surface area contributed by atoms with Gasteiger partial charge in [0.15, 0.2) is 0 Å². The number of esters is 1. The fourth-order valence-electron chi connectivity index (χ4n) is 2.18. The number of methoxy groups -OCH3 is 1. The number of aryl methyl sites for hydroxylation is 1. The van der Waals surface area contributed by atoms with Crippen molar-refractivity contribution in [2.75, 3.05) is 14.2 Å². The number of hydrogen-bond donors (Lipinski definition) is 0. The first-order chi connectivity index (χ1) is 10.9. The van der Waals surface area contributed by atoms with Crippen LogP contribution in [-0.2, 0) is 4.74 Å². The van der Waals surface area contributed by atoms with E-state index in [2.05, 4.69) is 9.72 Å². The number of hydrogen-bond acceptors (Lipinski definition) is 4. The van der Waals surface area contributed by atoms with Crippen molar-refractivity contribution >= 4 is 11.9 Å². The van der Waals surface area contributed by atoms with E-state index in [0.29, 0.717) is 11.3 Å². The van der Waals surface area contributed by atoms with Crippen LogP contribution in [0.3, 0.4) is 0 Å². The molecule has 5 nitrogen and oxygen atoms in total. The van der Waals surface area contributed by atoms with Gasteiger partial charge in [-0.25, -0.2) is 4.79 Å². The summed E-state index contributed by atoms with van der Waals surface area (Å²) in [6.45, 7) is 3.99. The Hall–Kier alpha value is -2.69. The van der Waals surface area contributed by atoms with Crippen molar-refractivity contribution in [1.29, 1.82) is 0 Å². The first kappa shape index (κ1) is 16.7. The minimum atomic E-state index is -0.474. The number of aromatic nitrogens is 1. The maximum Gasteiger partial charge on any atom is 0.339 e. The van der Waals surface area contributed by atoms with Crippen LogP contribution in [0.1, 0.15) is 44.9 Å². The van der Waals surface area contributed by atoms with Gasteiger partial charge in [0.05, 0.1) is 18.7 Å². The predicted molar refractivity (Wildman–Crippen MR) is 87.3 cm³/mol. The Bertz CT molecular complexity index is 693. The topological polar surface area (TPSA) is 59.5 Å². The van der Waals surface area contributed by atoms with E-state index in [1.807, 2.05) is 38.1 Å². The van der Waals surface area contributed by atoms with E-state index < -0.39 is 5.97 Å². The summed E-state index contributed by atoms with van der Waals surface area (Å²) in [6, 6.07) is 11.1. The van der Waals surface area contributed by atoms with Crippen LogP contribution in [0, 0.1) is 6.92 Å². The van der Waals surface area contributed by atoms with E-state index in [1.165, 1.54) is 31.0 Å². The van der Waals surface area contributed by atoms with Gasteiger partial charge < -0.3 is 9.64 Å². The van der Waals surface area contributed by atoms with Gasteiger partial charge >= 0.3 is 5.97 Å². The SMILES string of the molecule is COC(=O)c1ccc(C(=O)N(C)C(C)c2ccc(C)cc2)nc1. The molecule has 0 N–H and O–H groups in total. The Labute approximate surface area is 135 Å². The van der Waals surface area contributed by atoms with Crippen LogP contribution < -0.4 is 0 Å². The molecule has 1 heterocycles. The van der Waals surface area contributed by atoms with Crippen LogP contribution >= 0.6 is 0 Å². The average molecular weight is 312 g/mol. The van der Waals surface area contributed by atoms with Crippen LogP contribution in [0.5, 0.6) is 0 Å². The number of ether oxygens (including phenoxy) is 1. The first-order valence-corrected chi connectivity index (χ1v) is 7.32. The molecular formula is C18H20N2O3. The second-order valence-corrected chi connectivity index (χ2v) is 5.43. The third-order valence-electron chi connectivity index (χ3n) is 3.86. The molecule has 0 aliphatic heterocycles. The number of carbonyl (C=O) groups excluding carboxylic acids is 2. The van der Waals surface area contributed by atoms with Crippen molar-refractivity contribution in [3.8, 4) is 0 Å². The molecule has 0 bridgehead atoms. The molecule has 23 heavy (non-hydrogen) atoms. The average Bonchev–Trinajstić information content (AvgIpc) is 2.60. The molecule has 2 rings (SSSR count). The quantitative estimate of drug-likeness (QED) is 0.814. The van der Waals surface area contributed by atoms with Gasteiger partial charge in [-0.2, -0.15) is 0 Å². The molecule has 1 unspecified atom stereocenters. The van der Waals surface area contributed by atoms with Crippen LogP contribution in [-0.4, -0.2) is 35.9 Å².